The number of nitrogens with one attached hydrogen (secondary N) is 1. The summed E-state index contributed by atoms with van der Waals surface area (Å²) in [6.45, 7) is 18.2. The molecule has 0 saturated carbocycles. The molecular weight excluding hydrogens is 358 g/mol. The van der Waals surface area contributed by atoms with Crippen molar-refractivity contribution in [3.8, 4) is 0 Å². The van der Waals surface area contributed by atoms with Gasteiger partial charge in [0.25, 0.3) is 0 Å². The van der Waals surface area contributed by atoms with Crippen molar-refractivity contribution in [2.45, 2.75) is 75.2 Å². The Labute approximate surface area is 177 Å². The number of nitrogens with zero attached hydrogens (tertiary/aromatic N) is 2. The van der Waals surface area contributed by atoms with Gasteiger partial charge in [-0.3, -0.25) is 0 Å². The van der Waals surface area contributed by atoms with Crippen LogP contribution in [-0.2, 0) is 0 Å². The molecule has 1 N–H and O–H groups in total. The second kappa shape index (κ2) is 18.7. The molecule has 0 amide bonds. The fraction of sp³-hybridized carbons (Fsp3) is 0.440. The Morgan fingerprint density at radius 2 is 1.59 bits per heavy atom. The van der Waals surface area contributed by atoms with E-state index in [9.17, 15) is 4.79 Å². The number of H-pyrrole nitrogens is 1. The van der Waals surface area contributed by atoms with Crippen molar-refractivity contribution >= 4 is 22.6 Å². The van der Waals surface area contributed by atoms with Gasteiger partial charge >= 0.3 is 5.69 Å². The van der Waals surface area contributed by atoms with Crippen molar-refractivity contribution in [1.82, 2.24) is 14.4 Å². The Kier molecular flexibility index (Phi) is 18.5. The Hall–Kier alpha value is -2.62. The SMILES string of the molecule is C/C=C\CC=Cc1cnc2c3ccccc3[nH]c(=O)n12.CC.CC.CC.CCC. The highest BCUT2D eigenvalue weighted by atomic mass is 16.1. The number of para-hydroxylation sites is 1. The van der Waals surface area contributed by atoms with Crippen LogP contribution in [0.4, 0.5) is 0 Å². The number of aromatic nitrogens is 3. The second-order valence-corrected chi connectivity index (χ2v) is 5.23. The molecule has 0 fully saturated rings. The fourth-order valence-corrected chi connectivity index (χ4v) is 2.25. The first-order chi connectivity index (χ1) is 14.2. The molecule has 29 heavy (non-hydrogen) atoms. The maximum atomic E-state index is 12.2. The minimum Gasteiger partial charge on any atom is -0.306 e. The Morgan fingerprint density at radius 3 is 2.17 bits per heavy atom. The van der Waals surface area contributed by atoms with E-state index in [1.165, 1.54) is 6.42 Å². The van der Waals surface area contributed by atoms with Crippen molar-refractivity contribution in [2.75, 3.05) is 0 Å². The minimum absolute atomic E-state index is 0.165. The molecule has 3 aromatic rings. The maximum Gasteiger partial charge on any atom is 0.332 e. The molecule has 162 valence electrons. The van der Waals surface area contributed by atoms with E-state index in [0.717, 1.165) is 23.0 Å². The Bertz CT molecular complexity index is 886. The molecule has 0 unspecified atom stereocenters. The van der Waals surface area contributed by atoms with Gasteiger partial charge in [0.05, 0.1) is 17.4 Å². The van der Waals surface area contributed by atoms with E-state index in [0.29, 0.717) is 5.65 Å². The highest BCUT2D eigenvalue weighted by molar-refractivity contribution is 5.91. The first-order valence-corrected chi connectivity index (χ1v) is 11.0. The number of rotatable bonds is 3. The third-order valence-corrected chi connectivity index (χ3v) is 3.20. The topological polar surface area (TPSA) is 50.2 Å². The summed E-state index contributed by atoms with van der Waals surface area (Å²) >= 11 is 0. The van der Waals surface area contributed by atoms with Crippen LogP contribution < -0.4 is 5.69 Å². The fourth-order valence-electron chi connectivity index (χ4n) is 2.25. The molecule has 0 radical (unpaired) electrons. The highest BCUT2D eigenvalue weighted by Gasteiger charge is 2.08. The number of benzene rings is 1. The zero-order valence-electron chi connectivity index (χ0n) is 19.9. The smallest absolute Gasteiger partial charge is 0.306 e. The van der Waals surface area contributed by atoms with Gasteiger partial charge < -0.3 is 4.98 Å². The standard InChI is InChI=1S/C16H15N3O.C3H8.3C2H6/c1-2-3-4-5-8-12-11-17-15-13-9-6-7-10-14(13)18-16(20)19(12)15;1-3-2;3*1-2/h2-3,5-11H,4H2,1H3,(H,18,20);3H2,1-2H3;3*1-2H3/b3-2-,8-5?;;;;. The Morgan fingerprint density at radius 1 is 1.00 bits per heavy atom. The second-order valence-electron chi connectivity index (χ2n) is 5.23. The van der Waals surface area contributed by atoms with Crippen LogP contribution in [0.1, 0.15) is 80.8 Å². The van der Waals surface area contributed by atoms with Gasteiger partial charge in [-0.15, -0.1) is 0 Å². The van der Waals surface area contributed by atoms with Crippen LogP contribution in [0, 0.1) is 0 Å². The molecule has 4 heteroatoms. The van der Waals surface area contributed by atoms with E-state index in [1.54, 1.807) is 10.6 Å². The van der Waals surface area contributed by atoms with Gasteiger partial charge in [-0.1, -0.05) is 92.2 Å². The van der Waals surface area contributed by atoms with Crippen molar-refractivity contribution in [3.63, 3.8) is 0 Å². The van der Waals surface area contributed by atoms with Crippen molar-refractivity contribution in [3.05, 3.63) is 64.9 Å². The number of fused-ring (bicyclic) bond motifs is 3. The molecule has 0 atom stereocenters. The molecule has 0 aliphatic rings. The normalized spacial score (nSPS) is 9.69. The molecule has 2 aromatic heterocycles. The molecule has 3 rings (SSSR count). The summed E-state index contributed by atoms with van der Waals surface area (Å²) in [5, 5.41) is 0.945. The van der Waals surface area contributed by atoms with Gasteiger partial charge in [-0.2, -0.15) is 0 Å². The lowest BCUT2D eigenvalue weighted by atomic mass is 10.2. The van der Waals surface area contributed by atoms with Crippen molar-refractivity contribution < 1.29 is 0 Å². The molecule has 2 heterocycles. The molecule has 0 aliphatic carbocycles. The van der Waals surface area contributed by atoms with E-state index >= 15 is 0 Å². The molecule has 0 saturated heterocycles. The summed E-state index contributed by atoms with van der Waals surface area (Å²) in [4.78, 5) is 19.4. The molecule has 0 aliphatic heterocycles. The third kappa shape index (κ3) is 8.95. The van der Waals surface area contributed by atoms with Crippen LogP contribution >= 0.6 is 0 Å². The Balaban J connectivity index is 0. The summed E-state index contributed by atoms with van der Waals surface area (Å²) in [5.74, 6) is 0. The predicted octanol–water partition coefficient (Wildman–Crippen LogP) is 7.65. The van der Waals surface area contributed by atoms with Gasteiger partial charge in [-0.25, -0.2) is 14.2 Å². The van der Waals surface area contributed by atoms with Crippen LogP contribution in [0.3, 0.4) is 0 Å². The zero-order valence-corrected chi connectivity index (χ0v) is 19.9. The number of aromatic amines is 1. The molecule has 4 nitrogen and oxygen atoms in total. The van der Waals surface area contributed by atoms with Crippen molar-refractivity contribution in [1.29, 1.82) is 0 Å². The number of allylic oxidation sites excluding steroid dienone is 3. The summed E-state index contributed by atoms with van der Waals surface area (Å²) in [7, 11) is 0. The zero-order chi connectivity index (χ0) is 22.7. The monoisotopic (exact) mass is 399 g/mol. The molecule has 0 bridgehead atoms. The lowest BCUT2D eigenvalue weighted by Crippen LogP contribution is -2.17. The molecule has 0 spiro atoms. The molecule has 1 aromatic carbocycles. The van der Waals surface area contributed by atoms with Crippen molar-refractivity contribution in [2.24, 2.45) is 0 Å². The highest BCUT2D eigenvalue weighted by Crippen LogP contribution is 2.16. The average Bonchev–Trinajstić information content (AvgIpc) is 3.21. The largest absolute Gasteiger partial charge is 0.332 e. The van der Waals surface area contributed by atoms with Gasteiger partial charge in [0.1, 0.15) is 0 Å². The van der Waals surface area contributed by atoms with Gasteiger partial charge in [-0.05, 0) is 31.6 Å². The average molecular weight is 400 g/mol. The predicted molar refractivity (Wildman–Crippen MR) is 132 cm³/mol. The molecular formula is C25H41N3O. The van der Waals surface area contributed by atoms with E-state index in [-0.39, 0.29) is 5.69 Å². The maximum absolute atomic E-state index is 12.2. The van der Waals surface area contributed by atoms with E-state index in [1.807, 2.05) is 91.0 Å². The van der Waals surface area contributed by atoms with Crippen LogP contribution in [-0.4, -0.2) is 14.4 Å². The van der Waals surface area contributed by atoms with E-state index in [2.05, 4.69) is 29.9 Å². The van der Waals surface area contributed by atoms with Crippen LogP contribution in [0.15, 0.2) is 53.5 Å². The summed E-state index contributed by atoms with van der Waals surface area (Å²) in [6.07, 6.45) is 11.8. The lowest BCUT2D eigenvalue weighted by Gasteiger charge is -2.00. The number of imidazole rings is 1. The summed E-state index contributed by atoms with van der Waals surface area (Å²) in [5.41, 5.74) is 2.12. The van der Waals surface area contributed by atoms with E-state index < -0.39 is 0 Å². The van der Waals surface area contributed by atoms with Gasteiger partial charge in [0.15, 0.2) is 5.65 Å². The quantitative estimate of drug-likeness (QED) is 0.460. The number of hydrogen-bond donors (Lipinski definition) is 1. The number of hydrogen-bond acceptors (Lipinski definition) is 2. The van der Waals surface area contributed by atoms with Crippen LogP contribution in [0.25, 0.3) is 22.6 Å². The van der Waals surface area contributed by atoms with E-state index in [4.69, 9.17) is 0 Å². The summed E-state index contributed by atoms with van der Waals surface area (Å²) < 4.78 is 1.61. The lowest BCUT2D eigenvalue weighted by molar-refractivity contribution is 1.02. The first-order valence-electron chi connectivity index (χ1n) is 11.0. The summed E-state index contributed by atoms with van der Waals surface area (Å²) in [6, 6.07) is 7.68. The van der Waals surface area contributed by atoms with Crippen LogP contribution in [0.5, 0.6) is 0 Å². The van der Waals surface area contributed by atoms with Gasteiger partial charge in [0, 0.05) is 5.39 Å². The first kappa shape index (κ1) is 28.6. The third-order valence-electron chi connectivity index (χ3n) is 3.20. The minimum atomic E-state index is -0.165. The van der Waals surface area contributed by atoms with Crippen LogP contribution in [0.2, 0.25) is 0 Å². The van der Waals surface area contributed by atoms with Gasteiger partial charge in [0.2, 0.25) is 0 Å².